The lowest BCUT2D eigenvalue weighted by Crippen LogP contribution is -2.06. The lowest BCUT2D eigenvalue weighted by Gasteiger charge is -2.02. The Bertz CT molecular complexity index is 573. The summed E-state index contributed by atoms with van der Waals surface area (Å²) in [5, 5.41) is 5.48. The van der Waals surface area contributed by atoms with Gasteiger partial charge in [-0.05, 0) is 36.8 Å². The van der Waals surface area contributed by atoms with Gasteiger partial charge >= 0.3 is 0 Å². The minimum Gasteiger partial charge on any atom is -0.302 e. The highest BCUT2D eigenvalue weighted by atomic mass is 16.1. The van der Waals surface area contributed by atoms with Gasteiger partial charge in [0.25, 0.3) is 5.56 Å². The molecule has 0 amide bonds. The van der Waals surface area contributed by atoms with Gasteiger partial charge in [0.1, 0.15) is 0 Å². The molecule has 0 radical (unpaired) electrons. The van der Waals surface area contributed by atoms with E-state index in [2.05, 4.69) is 34.5 Å². The van der Waals surface area contributed by atoms with E-state index in [1.54, 1.807) is 0 Å². The second kappa shape index (κ2) is 3.91. The van der Waals surface area contributed by atoms with Crippen LogP contribution in [-0.4, -0.2) is 10.2 Å². The number of aromatic amines is 2. The Morgan fingerprint density at radius 1 is 1.18 bits per heavy atom. The predicted octanol–water partition coefficient (Wildman–Crippen LogP) is 2.48. The molecule has 17 heavy (non-hydrogen) atoms. The maximum atomic E-state index is 11.5. The van der Waals surface area contributed by atoms with Crippen molar-refractivity contribution >= 4 is 0 Å². The minimum atomic E-state index is -0.00577. The van der Waals surface area contributed by atoms with Crippen LogP contribution < -0.4 is 5.56 Å². The molecular weight excluding hydrogens is 212 g/mol. The third kappa shape index (κ3) is 2.05. The molecule has 1 aliphatic carbocycles. The molecule has 2 aromatic rings. The van der Waals surface area contributed by atoms with E-state index < -0.39 is 0 Å². The molecule has 1 saturated carbocycles. The number of H-pyrrole nitrogens is 2. The van der Waals surface area contributed by atoms with Crippen molar-refractivity contribution < 1.29 is 0 Å². The van der Waals surface area contributed by atoms with E-state index >= 15 is 0 Å². The number of benzene rings is 1. The summed E-state index contributed by atoms with van der Waals surface area (Å²) in [4.78, 5) is 11.5. The average molecular weight is 228 g/mol. The average Bonchev–Trinajstić information content (AvgIpc) is 3.13. The van der Waals surface area contributed by atoms with Crippen LogP contribution in [0.2, 0.25) is 0 Å². The van der Waals surface area contributed by atoms with Crippen LogP contribution in [0.4, 0.5) is 0 Å². The van der Waals surface area contributed by atoms with E-state index in [4.69, 9.17) is 0 Å². The zero-order chi connectivity index (χ0) is 11.8. The standard InChI is InChI=1S/C14H16N2O/c1-9-13(14(17)16-15-9)8-10-2-4-11(5-3-10)12-6-7-12/h2-5,12H,6-8H2,1H3,(H2,15,16,17). The van der Waals surface area contributed by atoms with Crippen LogP contribution in [0.3, 0.4) is 0 Å². The topological polar surface area (TPSA) is 48.6 Å². The first-order valence-electron chi connectivity index (χ1n) is 6.09. The monoisotopic (exact) mass is 228 g/mol. The van der Waals surface area contributed by atoms with Crippen molar-refractivity contribution in [2.75, 3.05) is 0 Å². The SMILES string of the molecule is Cc1[nH][nH]c(=O)c1Cc1ccc(C2CC2)cc1. The minimum absolute atomic E-state index is 0.00577. The molecular formula is C14H16N2O. The van der Waals surface area contributed by atoms with Crippen molar-refractivity contribution in [1.82, 2.24) is 10.2 Å². The number of aryl methyl sites for hydroxylation is 1. The lowest BCUT2D eigenvalue weighted by molar-refractivity contribution is 1.02. The molecule has 3 rings (SSSR count). The van der Waals surface area contributed by atoms with Crippen LogP contribution in [0.25, 0.3) is 0 Å². The molecule has 1 aromatic heterocycles. The summed E-state index contributed by atoms with van der Waals surface area (Å²) in [7, 11) is 0. The van der Waals surface area contributed by atoms with Gasteiger partial charge in [-0.25, -0.2) is 0 Å². The van der Waals surface area contributed by atoms with E-state index in [1.807, 2.05) is 6.92 Å². The van der Waals surface area contributed by atoms with Crippen LogP contribution in [-0.2, 0) is 6.42 Å². The summed E-state index contributed by atoms with van der Waals surface area (Å²) in [6.07, 6.45) is 3.36. The molecule has 0 saturated heterocycles. The van der Waals surface area contributed by atoms with Crippen molar-refractivity contribution in [3.05, 3.63) is 57.0 Å². The van der Waals surface area contributed by atoms with Crippen LogP contribution in [0.1, 0.15) is 41.1 Å². The summed E-state index contributed by atoms with van der Waals surface area (Å²) in [5.74, 6) is 0.793. The molecule has 1 aromatic carbocycles. The molecule has 0 atom stereocenters. The van der Waals surface area contributed by atoms with Crippen molar-refractivity contribution in [3.63, 3.8) is 0 Å². The summed E-state index contributed by atoms with van der Waals surface area (Å²) < 4.78 is 0. The molecule has 0 spiro atoms. The van der Waals surface area contributed by atoms with Crippen molar-refractivity contribution in [1.29, 1.82) is 0 Å². The molecule has 3 nitrogen and oxygen atoms in total. The molecule has 0 aliphatic heterocycles. The molecule has 1 heterocycles. The smallest absolute Gasteiger partial charge is 0.267 e. The Hall–Kier alpha value is -1.77. The third-order valence-corrected chi connectivity index (χ3v) is 3.50. The van der Waals surface area contributed by atoms with E-state index in [0.29, 0.717) is 6.42 Å². The summed E-state index contributed by atoms with van der Waals surface area (Å²) in [6.45, 7) is 1.92. The molecule has 3 heteroatoms. The first-order chi connectivity index (χ1) is 8.24. The molecule has 88 valence electrons. The second-order valence-electron chi connectivity index (χ2n) is 4.88. The number of rotatable bonds is 3. The van der Waals surface area contributed by atoms with Crippen LogP contribution in [0.15, 0.2) is 29.1 Å². The fraction of sp³-hybridized carbons (Fsp3) is 0.357. The van der Waals surface area contributed by atoms with Gasteiger partial charge in [0.2, 0.25) is 0 Å². The van der Waals surface area contributed by atoms with Crippen molar-refractivity contribution in [3.8, 4) is 0 Å². The fourth-order valence-corrected chi connectivity index (χ4v) is 2.21. The van der Waals surface area contributed by atoms with Crippen LogP contribution in [0.5, 0.6) is 0 Å². The van der Waals surface area contributed by atoms with Gasteiger partial charge in [0.05, 0.1) is 0 Å². The normalized spacial score (nSPS) is 15.1. The summed E-state index contributed by atoms with van der Waals surface area (Å²) in [5.41, 5.74) is 4.40. The Kier molecular flexibility index (Phi) is 2.39. The largest absolute Gasteiger partial charge is 0.302 e. The highest BCUT2D eigenvalue weighted by Gasteiger charge is 2.22. The van der Waals surface area contributed by atoms with Gasteiger partial charge < -0.3 is 5.10 Å². The number of hydrogen-bond donors (Lipinski definition) is 2. The second-order valence-corrected chi connectivity index (χ2v) is 4.88. The molecule has 0 unspecified atom stereocenters. The first-order valence-corrected chi connectivity index (χ1v) is 6.09. The van der Waals surface area contributed by atoms with Crippen LogP contribution >= 0.6 is 0 Å². The molecule has 1 aliphatic rings. The third-order valence-electron chi connectivity index (χ3n) is 3.50. The highest BCUT2D eigenvalue weighted by Crippen LogP contribution is 2.39. The van der Waals surface area contributed by atoms with Gasteiger partial charge in [-0.3, -0.25) is 9.89 Å². The van der Waals surface area contributed by atoms with Crippen LogP contribution in [0, 0.1) is 6.92 Å². The lowest BCUT2D eigenvalue weighted by atomic mass is 10.0. The molecule has 1 fully saturated rings. The number of hydrogen-bond acceptors (Lipinski definition) is 1. The zero-order valence-electron chi connectivity index (χ0n) is 9.92. The predicted molar refractivity (Wildman–Crippen MR) is 67.4 cm³/mol. The quantitative estimate of drug-likeness (QED) is 0.833. The maximum Gasteiger partial charge on any atom is 0.267 e. The van der Waals surface area contributed by atoms with E-state index in [9.17, 15) is 4.79 Å². The summed E-state index contributed by atoms with van der Waals surface area (Å²) in [6, 6.07) is 8.67. The van der Waals surface area contributed by atoms with E-state index in [1.165, 1.54) is 24.0 Å². The zero-order valence-corrected chi connectivity index (χ0v) is 9.92. The Morgan fingerprint density at radius 3 is 2.41 bits per heavy atom. The van der Waals surface area contributed by atoms with Gasteiger partial charge in [-0.15, -0.1) is 0 Å². The number of nitrogens with one attached hydrogen (secondary N) is 2. The Balaban J connectivity index is 1.83. The van der Waals surface area contributed by atoms with Crippen molar-refractivity contribution in [2.45, 2.75) is 32.1 Å². The van der Waals surface area contributed by atoms with E-state index in [0.717, 1.165) is 17.2 Å². The van der Waals surface area contributed by atoms with Gasteiger partial charge in [0.15, 0.2) is 0 Å². The van der Waals surface area contributed by atoms with Gasteiger partial charge in [-0.1, -0.05) is 24.3 Å². The maximum absolute atomic E-state index is 11.5. The Morgan fingerprint density at radius 2 is 1.88 bits per heavy atom. The molecule has 2 N–H and O–H groups in total. The number of aromatic nitrogens is 2. The van der Waals surface area contributed by atoms with Gasteiger partial charge in [0, 0.05) is 17.7 Å². The van der Waals surface area contributed by atoms with E-state index in [-0.39, 0.29) is 5.56 Å². The summed E-state index contributed by atoms with van der Waals surface area (Å²) >= 11 is 0. The highest BCUT2D eigenvalue weighted by molar-refractivity contribution is 5.32. The molecule has 0 bridgehead atoms. The first kappa shape index (κ1) is 10.4. The van der Waals surface area contributed by atoms with Crippen molar-refractivity contribution in [2.24, 2.45) is 0 Å². The van der Waals surface area contributed by atoms with Gasteiger partial charge in [-0.2, -0.15) is 0 Å². The Labute approximate surface area is 99.9 Å². The fourth-order valence-electron chi connectivity index (χ4n) is 2.21.